The highest BCUT2D eigenvalue weighted by Gasteiger charge is 2.24. The molecule has 0 aliphatic heterocycles. The minimum Gasteiger partial charge on any atom is -0.371 e. The number of anilines is 1. The van der Waals surface area contributed by atoms with Crippen molar-refractivity contribution in [3.8, 4) is 0 Å². The second-order valence-electron chi connectivity index (χ2n) is 4.60. The zero-order valence-corrected chi connectivity index (χ0v) is 9.86. The molecule has 86 valence electrons. The third kappa shape index (κ3) is 2.84. The van der Waals surface area contributed by atoms with Crippen molar-refractivity contribution in [2.24, 2.45) is 5.92 Å². The first-order valence-electron chi connectivity index (χ1n) is 6.13. The van der Waals surface area contributed by atoms with Gasteiger partial charge in [-0.05, 0) is 49.4 Å². The molecule has 0 bridgehead atoms. The van der Waals surface area contributed by atoms with Crippen molar-refractivity contribution in [1.29, 1.82) is 0 Å². The molecule has 1 aromatic rings. The summed E-state index contributed by atoms with van der Waals surface area (Å²) in [5.74, 6) is 0.900. The van der Waals surface area contributed by atoms with Crippen LogP contribution in [-0.4, -0.2) is 19.4 Å². The van der Waals surface area contributed by atoms with Crippen LogP contribution in [0.3, 0.4) is 0 Å². The van der Waals surface area contributed by atoms with Crippen molar-refractivity contribution in [2.45, 2.75) is 26.2 Å². The maximum atomic E-state index is 10.6. The van der Waals surface area contributed by atoms with E-state index in [1.807, 2.05) is 12.1 Å². The van der Waals surface area contributed by atoms with Crippen molar-refractivity contribution >= 4 is 12.0 Å². The van der Waals surface area contributed by atoms with Crippen LogP contribution in [0.1, 0.15) is 36.5 Å². The first-order valence-corrected chi connectivity index (χ1v) is 6.13. The third-order valence-corrected chi connectivity index (χ3v) is 3.06. The second kappa shape index (κ2) is 5.15. The zero-order valence-electron chi connectivity index (χ0n) is 9.86. The smallest absolute Gasteiger partial charge is 0.150 e. The minimum atomic E-state index is 0.756. The van der Waals surface area contributed by atoms with E-state index in [4.69, 9.17) is 0 Å². The van der Waals surface area contributed by atoms with Crippen LogP contribution >= 0.6 is 0 Å². The quantitative estimate of drug-likeness (QED) is 0.682. The number of nitrogens with zero attached hydrogens (tertiary/aromatic N) is 1. The Morgan fingerprint density at radius 3 is 2.50 bits per heavy atom. The summed E-state index contributed by atoms with van der Waals surface area (Å²) in [7, 11) is 0. The van der Waals surface area contributed by atoms with E-state index >= 15 is 0 Å². The maximum Gasteiger partial charge on any atom is 0.150 e. The number of rotatable bonds is 6. The molecule has 0 heterocycles. The van der Waals surface area contributed by atoms with E-state index < -0.39 is 0 Å². The van der Waals surface area contributed by atoms with Crippen molar-refractivity contribution in [1.82, 2.24) is 0 Å². The average molecular weight is 217 g/mol. The van der Waals surface area contributed by atoms with Crippen molar-refractivity contribution in [3.05, 3.63) is 29.8 Å². The second-order valence-corrected chi connectivity index (χ2v) is 4.60. The largest absolute Gasteiger partial charge is 0.371 e. The molecule has 2 rings (SSSR count). The van der Waals surface area contributed by atoms with Gasteiger partial charge in [0.05, 0.1) is 0 Å². The van der Waals surface area contributed by atoms with Crippen LogP contribution < -0.4 is 4.90 Å². The number of hydrogen-bond donors (Lipinski definition) is 0. The zero-order chi connectivity index (χ0) is 11.4. The van der Waals surface area contributed by atoms with Gasteiger partial charge in [0, 0.05) is 24.3 Å². The van der Waals surface area contributed by atoms with Crippen molar-refractivity contribution in [3.63, 3.8) is 0 Å². The molecule has 0 aromatic heterocycles. The van der Waals surface area contributed by atoms with Gasteiger partial charge in [0.2, 0.25) is 0 Å². The molecule has 1 saturated carbocycles. The van der Waals surface area contributed by atoms with E-state index in [-0.39, 0.29) is 0 Å². The topological polar surface area (TPSA) is 20.3 Å². The summed E-state index contributed by atoms with van der Waals surface area (Å²) in [6.07, 6.45) is 4.83. The molecule has 1 aliphatic carbocycles. The Balaban J connectivity index is 2.06. The molecule has 1 fully saturated rings. The monoisotopic (exact) mass is 217 g/mol. The van der Waals surface area contributed by atoms with E-state index in [2.05, 4.69) is 24.0 Å². The Morgan fingerprint density at radius 1 is 1.31 bits per heavy atom. The van der Waals surface area contributed by atoms with Crippen LogP contribution in [-0.2, 0) is 0 Å². The standard InChI is InChI=1S/C14H19NO/c1-2-9-15(10-12-3-4-12)14-7-5-13(11-16)6-8-14/h5-8,11-12H,2-4,9-10H2,1H3. The summed E-state index contributed by atoms with van der Waals surface area (Å²) in [4.78, 5) is 13.0. The Kier molecular flexibility index (Phi) is 3.60. The van der Waals surface area contributed by atoms with E-state index in [0.717, 1.165) is 24.3 Å². The van der Waals surface area contributed by atoms with Gasteiger partial charge in [-0.1, -0.05) is 6.92 Å². The van der Waals surface area contributed by atoms with Gasteiger partial charge in [-0.25, -0.2) is 0 Å². The molecule has 0 saturated heterocycles. The number of benzene rings is 1. The Labute approximate surface area is 97.3 Å². The first-order chi connectivity index (χ1) is 7.83. The van der Waals surface area contributed by atoms with Crippen LogP contribution in [0.5, 0.6) is 0 Å². The Morgan fingerprint density at radius 2 is 2.00 bits per heavy atom. The summed E-state index contributed by atoms with van der Waals surface area (Å²) >= 11 is 0. The predicted octanol–water partition coefficient (Wildman–Crippen LogP) is 3.13. The average Bonchev–Trinajstić information content (AvgIpc) is 3.13. The summed E-state index contributed by atoms with van der Waals surface area (Å²) in [5, 5.41) is 0. The molecule has 0 amide bonds. The van der Waals surface area contributed by atoms with Gasteiger partial charge in [0.1, 0.15) is 6.29 Å². The van der Waals surface area contributed by atoms with Gasteiger partial charge < -0.3 is 4.90 Å². The highest BCUT2D eigenvalue weighted by atomic mass is 16.1. The lowest BCUT2D eigenvalue weighted by Gasteiger charge is -2.24. The van der Waals surface area contributed by atoms with Gasteiger partial charge in [0.15, 0.2) is 0 Å². The molecular weight excluding hydrogens is 198 g/mol. The van der Waals surface area contributed by atoms with Crippen molar-refractivity contribution in [2.75, 3.05) is 18.0 Å². The van der Waals surface area contributed by atoms with E-state index in [1.54, 1.807) is 0 Å². The van der Waals surface area contributed by atoms with Crippen LogP contribution in [0.2, 0.25) is 0 Å². The van der Waals surface area contributed by atoms with Crippen LogP contribution in [0.4, 0.5) is 5.69 Å². The van der Waals surface area contributed by atoms with Crippen molar-refractivity contribution < 1.29 is 4.79 Å². The molecule has 0 atom stereocenters. The lowest BCUT2D eigenvalue weighted by Crippen LogP contribution is -2.26. The molecule has 0 radical (unpaired) electrons. The van der Waals surface area contributed by atoms with Gasteiger partial charge in [-0.15, -0.1) is 0 Å². The first kappa shape index (κ1) is 11.2. The normalized spacial score (nSPS) is 14.8. The molecule has 0 unspecified atom stereocenters. The Hall–Kier alpha value is -1.31. The number of carbonyl (C=O) groups excluding carboxylic acids is 1. The summed E-state index contributed by atoms with van der Waals surface area (Å²) in [5.41, 5.74) is 2.01. The lowest BCUT2D eigenvalue weighted by atomic mass is 10.2. The molecule has 0 spiro atoms. The molecule has 1 aromatic carbocycles. The summed E-state index contributed by atoms with van der Waals surface area (Å²) in [6, 6.07) is 7.92. The summed E-state index contributed by atoms with van der Waals surface area (Å²) in [6.45, 7) is 4.49. The van der Waals surface area contributed by atoms with Gasteiger partial charge in [0.25, 0.3) is 0 Å². The summed E-state index contributed by atoms with van der Waals surface area (Å²) < 4.78 is 0. The molecule has 0 N–H and O–H groups in total. The molecule has 2 nitrogen and oxygen atoms in total. The fourth-order valence-corrected chi connectivity index (χ4v) is 1.97. The SMILES string of the molecule is CCCN(CC1CC1)c1ccc(C=O)cc1. The number of hydrogen-bond acceptors (Lipinski definition) is 2. The van der Waals surface area contributed by atoms with Crippen LogP contribution in [0.25, 0.3) is 0 Å². The third-order valence-electron chi connectivity index (χ3n) is 3.06. The number of aldehydes is 1. The van der Waals surface area contributed by atoms with E-state index in [1.165, 1.54) is 31.5 Å². The van der Waals surface area contributed by atoms with E-state index in [0.29, 0.717) is 0 Å². The predicted molar refractivity (Wildman–Crippen MR) is 67.1 cm³/mol. The Bertz CT molecular complexity index is 340. The fraction of sp³-hybridized carbons (Fsp3) is 0.500. The minimum absolute atomic E-state index is 0.756. The molecule has 2 heteroatoms. The molecule has 16 heavy (non-hydrogen) atoms. The molecular formula is C14H19NO. The van der Waals surface area contributed by atoms with Gasteiger partial charge in [-0.2, -0.15) is 0 Å². The van der Waals surface area contributed by atoms with Crippen LogP contribution in [0.15, 0.2) is 24.3 Å². The highest BCUT2D eigenvalue weighted by molar-refractivity contribution is 5.75. The lowest BCUT2D eigenvalue weighted by molar-refractivity contribution is 0.112. The van der Waals surface area contributed by atoms with E-state index in [9.17, 15) is 4.79 Å². The van der Waals surface area contributed by atoms with Gasteiger partial charge >= 0.3 is 0 Å². The van der Waals surface area contributed by atoms with Gasteiger partial charge in [-0.3, -0.25) is 4.79 Å². The van der Waals surface area contributed by atoms with Crippen LogP contribution in [0, 0.1) is 5.92 Å². The number of carbonyl (C=O) groups is 1. The highest BCUT2D eigenvalue weighted by Crippen LogP contribution is 2.31. The molecule has 1 aliphatic rings. The maximum absolute atomic E-state index is 10.6. The fourth-order valence-electron chi connectivity index (χ4n) is 1.97.